The molecule has 0 aromatic rings. The van der Waals surface area contributed by atoms with Gasteiger partial charge in [-0.2, -0.15) is 27.2 Å². The van der Waals surface area contributed by atoms with Crippen LogP contribution in [0.4, 0.5) is 22.0 Å². The predicted octanol–water partition coefficient (Wildman–Crippen LogP) is 1.94. The van der Waals surface area contributed by atoms with Gasteiger partial charge in [0.25, 0.3) is 0 Å². The standard InChI is InChI=1S/C8H9F5N2O/c1-5(3-4-14)15(2)6(16)7(9,10)8(11,12)13/h5H,3H2,1-2H3. The Morgan fingerprint density at radius 1 is 1.38 bits per heavy atom. The first-order valence-electron chi connectivity index (χ1n) is 4.14. The van der Waals surface area contributed by atoms with Crippen molar-refractivity contribution in [1.29, 1.82) is 5.26 Å². The quantitative estimate of drug-likeness (QED) is 0.712. The summed E-state index contributed by atoms with van der Waals surface area (Å²) in [4.78, 5) is 11.1. The first-order chi connectivity index (χ1) is 7.05. The van der Waals surface area contributed by atoms with E-state index in [0.717, 1.165) is 7.05 Å². The number of halogens is 5. The Morgan fingerprint density at radius 2 is 1.81 bits per heavy atom. The molecule has 1 atom stereocenters. The summed E-state index contributed by atoms with van der Waals surface area (Å²) in [5.74, 6) is -7.78. The highest BCUT2D eigenvalue weighted by Crippen LogP contribution is 2.37. The number of hydrogen-bond donors (Lipinski definition) is 0. The molecule has 92 valence electrons. The second kappa shape index (κ2) is 4.63. The van der Waals surface area contributed by atoms with Gasteiger partial charge in [-0.25, -0.2) is 0 Å². The summed E-state index contributed by atoms with van der Waals surface area (Å²) in [6.07, 6.45) is -6.25. The van der Waals surface area contributed by atoms with E-state index >= 15 is 0 Å². The van der Waals surface area contributed by atoms with Gasteiger partial charge in [0.05, 0.1) is 12.5 Å². The van der Waals surface area contributed by atoms with Crippen molar-refractivity contribution in [3.05, 3.63) is 0 Å². The molecule has 0 saturated heterocycles. The summed E-state index contributed by atoms with van der Waals surface area (Å²) in [6.45, 7) is 1.20. The zero-order chi connectivity index (χ0) is 13.1. The van der Waals surface area contributed by atoms with E-state index in [9.17, 15) is 26.7 Å². The maximum Gasteiger partial charge on any atom is 0.463 e. The molecule has 0 aliphatic carbocycles. The zero-order valence-electron chi connectivity index (χ0n) is 8.48. The van der Waals surface area contributed by atoms with E-state index in [1.165, 1.54) is 6.92 Å². The molecule has 8 heteroatoms. The van der Waals surface area contributed by atoms with Gasteiger partial charge in [-0.05, 0) is 6.92 Å². The molecule has 16 heavy (non-hydrogen) atoms. The van der Waals surface area contributed by atoms with Gasteiger partial charge >= 0.3 is 18.0 Å². The summed E-state index contributed by atoms with van der Waals surface area (Å²) in [6, 6.07) is 0.565. The van der Waals surface area contributed by atoms with Gasteiger partial charge in [0.1, 0.15) is 0 Å². The molecule has 3 nitrogen and oxygen atoms in total. The second-order valence-electron chi connectivity index (χ2n) is 3.20. The Hall–Kier alpha value is -1.39. The first kappa shape index (κ1) is 14.6. The van der Waals surface area contributed by atoms with Crippen LogP contribution in [-0.4, -0.2) is 36.0 Å². The average molecular weight is 244 g/mol. The van der Waals surface area contributed by atoms with Gasteiger partial charge in [-0.3, -0.25) is 4.79 Å². The number of amides is 1. The fourth-order valence-electron chi connectivity index (χ4n) is 0.812. The minimum Gasteiger partial charge on any atom is -0.336 e. The Labute approximate surface area is 88.4 Å². The van der Waals surface area contributed by atoms with Gasteiger partial charge < -0.3 is 4.90 Å². The highest BCUT2D eigenvalue weighted by atomic mass is 19.4. The molecule has 0 aliphatic rings. The third-order valence-corrected chi connectivity index (χ3v) is 1.99. The van der Waals surface area contributed by atoms with Gasteiger partial charge in [-0.15, -0.1) is 0 Å². The molecule has 0 rings (SSSR count). The van der Waals surface area contributed by atoms with Crippen molar-refractivity contribution in [2.45, 2.75) is 31.5 Å². The summed E-state index contributed by atoms with van der Waals surface area (Å²) in [5.41, 5.74) is 0. The lowest BCUT2D eigenvalue weighted by Crippen LogP contribution is -2.53. The van der Waals surface area contributed by atoms with E-state index in [-0.39, 0.29) is 11.3 Å². The first-order valence-corrected chi connectivity index (χ1v) is 4.14. The molecule has 0 bridgehead atoms. The largest absolute Gasteiger partial charge is 0.463 e. The normalized spacial score (nSPS) is 14.1. The predicted molar refractivity (Wildman–Crippen MR) is 43.5 cm³/mol. The molecule has 0 heterocycles. The van der Waals surface area contributed by atoms with Crippen LogP contribution in [0.15, 0.2) is 0 Å². The van der Waals surface area contributed by atoms with Crippen molar-refractivity contribution < 1.29 is 26.7 Å². The Balaban J connectivity index is 4.88. The van der Waals surface area contributed by atoms with Gasteiger partial charge in [-0.1, -0.05) is 0 Å². The third-order valence-electron chi connectivity index (χ3n) is 1.99. The monoisotopic (exact) mass is 244 g/mol. The number of nitrogens with zero attached hydrogens (tertiary/aromatic N) is 2. The van der Waals surface area contributed by atoms with Crippen LogP contribution < -0.4 is 0 Å². The van der Waals surface area contributed by atoms with E-state index < -0.39 is 24.0 Å². The van der Waals surface area contributed by atoms with Crippen molar-refractivity contribution in [2.24, 2.45) is 0 Å². The second-order valence-corrected chi connectivity index (χ2v) is 3.20. The molecule has 1 amide bonds. The van der Waals surface area contributed by atoms with Gasteiger partial charge in [0.15, 0.2) is 0 Å². The van der Waals surface area contributed by atoms with Crippen LogP contribution in [0.2, 0.25) is 0 Å². The topological polar surface area (TPSA) is 44.1 Å². The molecular weight excluding hydrogens is 235 g/mol. The Morgan fingerprint density at radius 3 is 2.12 bits per heavy atom. The summed E-state index contributed by atoms with van der Waals surface area (Å²) in [7, 11) is 0.796. The molecule has 0 N–H and O–H groups in total. The molecular formula is C8H9F5N2O. The van der Waals surface area contributed by atoms with Crippen molar-refractivity contribution in [1.82, 2.24) is 4.90 Å². The van der Waals surface area contributed by atoms with E-state index in [1.807, 2.05) is 0 Å². The number of rotatable bonds is 3. The molecule has 0 aromatic carbocycles. The van der Waals surface area contributed by atoms with Crippen LogP contribution >= 0.6 is 0 Å². The fraction of sp³-hybridized carbons (Fsp3) is 0.750. The molecule has 0 fully saturated rings. The maximum absolute atomic E-state index is 12.6. The molecule has 0 aromatic heterocycles. The molecule has 0 saturated carbocycles. The number of carbonyl (C=O) groups is 1. The smallest absolute Gasteiger partial charge is 0.336 e. The van der Waals surface area contributed by atoms with Gasteiger partial charge in [0.2, 0.25) is 0 Å². The number of hydrogen-bond acceptors (Lipinski definition) is 2. The van der Waals surface area contributed by atoms with Crippen molar-refractivity contribution >= 4 is 5.91 Å². The Bertz CT molecular complexity index is 307. The maximum atomic E-state index is 12.6. The van der Waals surface area contributed by atoms with Crippen LogP contribution in [0.3, 0.4) is 0 Å². The highest BCUT2D eigenvalue weighted by Gasteiger charge is 2.64. The lowest BCUT2D eigenvalue weighted by atomic mass is 10.2. The Kier molecular flexibility index (Phi) is 4.23. The van der Waals surface area contributed by atoms with E-state index in [1.54, 1.807) is 6.07 Å². The van der Waals surface area contributed by atoms with E-state index in [0.29, 0.717) is 0 Å². The third kappa shape index (κ3) is 2.81. The van der Waals surface area contributed by atoms with Crippen LogP contribution in [0.25, 0.3) is 0 Å². The average Bonchev–Trinajstić information content (AvgIpc) is 2.14. The molecule has 1 unspecified atom stereocenters. The number of carbonyl (C=O) groups excluding carboxylic acids is 1. The van der Waals surface area contributed by atoms with E-state index in [2.05, 4.69) is 0 Å². The highest BCUT2D eigenvalue weighted by molar-refractivity contribution is 5.84. The van der Waals surface area contributed by atoms with E-state index in [4.69, 9.17) is 5.26 Å². The fourth-order valence-corrected chi connectivity index (χ4v) is 0.812. The van der Waals surface area contributed by atoms with Crippen LogP contribution in [0.5, 0.6) is 0 Å². The SMILES string of the molecule is CC(CC#N)N(C)C(=O)C(F)(F)C(F)(F)F. The molecule has 0 aliphatic heterocycles. The van der Waals surface area contributed by atoms with Crippen LogP contribution in [0, 0.1) is 11.3 Å². The molecule has 0 radical (unpaired) electrons. The van der Waals surface area contributed by atoms with Crippen molar-refractivity contribution in [3.63, 3.8) is 0 Å². The summed E-state index contributed by atoms with van der Waals surface area (Å²) >= 11 is 0. The lowest BCUT2D eigenvalue weighted by molar-refractivity contribution is -0.274. The summed E-state index contributed by atoms with van der Waals surface area (Å²) < 4.78 is 60.6. The minimum absolute atomic E-state index is 0.219. The van der Waals surface area contributed by atoms with Gasteiger partial charge in [0, 0.05) is 13.1 Å². The van der Waals surface area contributed by atoms with Crippen molar-refractivity contribution in [2.75, 3.05) is 7.05 Å². The lowest BCUT2D eigenvalue weighted by Gasteiger charge is -2.28. The van der Waals surface area contributed by atoms with Crippen LogP contribution in [0.1, 0.15) is 13.3 Å². The van der Waals surface area contributed by atoms with Crippen molar-refractivity contribution in [3.8, 4) is 6.07 Å². The number of nitriles is 1. The molecule has 0 spiro atoms. The summed E-state index contributed by atoms with van der Waals surface area (Å²) in [5, 5.41) is 8.23. The zero-order valence-corrected chi connectivity index (χ0v) is 8.48. The minimum atomic E-state index is -5.93. The number of alkyl halides is 5. The van der Waals surface area contributed by atoms with Crippen LogP contribution in [-0.2, 0) is 4.79 Å².